The fourth-order valence-corrected chi connectivity index (χ4v) is 3.41. The van der Waals surface area contributed by atoms with Crippen molar-refractivity contribution in [3.63, 3.8) is 0 Å². The van der Waals surface area contributed by atoms with E-state index in [0.717, 1.165) is 12.8 Å². The second-order valence-corrected chi connectivity index (χ2v) is 8.99. The van der Waals surface area contributed by atoms with Crippen LogP contribution in [0.1, 0.15) is 111 Å². The Hall–Kier alpha value is -1.62. The molecule has 1 aliphatic rings. The molecule has 0 aliphatic carbocycles. The molecule has 5 heteroatoms. The monoisotopic (exact) mass is 450 g/mol. The van der Waals surface area contributed by atoms with Gasteiger partial charge in [-0.25, -0.2) is 9.59 Å². The standard InChI is InChI=1S/C27H46O5/c1-4-5-6-7-8-9-10-11-12-13-14-15-16-17-20-30-26(28)23(2)18-19-24(3)27(29)32-22-25-21-31-25/h18-19,25H,4-17,20-22H2,1-3H3/b23-18+,24-19+. The van der Waals surface area contributed by atoms with Crippen molar-refractivity contribution in [3.05, 3.63) is 23.3 Å². The lowest BCUT2D eigenvalue weighted by molar-refractivity contribution is -0.140. The number of carbonyl (C=O) groups is 2. The van der Waals surface area contributed by atoms with Crippen molar-refractivity contribution in [3.8, 4) is 0 Å². The highest BCUT2D eigenvalue weighted by molar-refractivity contribution is 5.90. The van der Waals surface area contributed by atoms with Gasteiger partial charge in [-0.15, -0.1) is 0 Å². The van der Waals surface area contributed by atoms with Crippen molar-refractivity contribution in [2.75, 3.05) is 19.8 Å². The third-order valence-electron chi connectivity index (χ3n) is 5.76. The lowest BCUT2D eigenvalue weighted by Crippen LogP contribution is -2.10. The van der Waals surface area contributed by atoms with Crippen LogP contribution in [0.3, 0.4) is 0 Å². The first-order chi connectivity index (χ1) is 15.5. The molecule has 0 saturated carbocycles. The summed E-state index contributed by atoms with van der Waals surface area (Å²) < 4.78 is 15.4. The molecule has 0 spiro atoms. The molecule has 0 aromatic rings. The summed E-state index contributed by atoms with van der Waals surface area (Å²) in [6.45, 7) is 7.02. The number of esters is 2. The van der Waals surface area contributed by atoms with E-state index < -0.39 is 0 Å². The molecule has 32 heavy (non-hydrogen) atoms. The van der Waals surface area contributed by atoms with Crippen molar-refractivity contribution in [2.24, 2.45) is 0 Å². The van der Waals surface area contributed by atoms with Crippen molar-refractivity contribution >= 4 is 11.9 Å². The molecule has 1 heterocycles. The summed E-state index contributed by atoms with van der Waals surface area (Å²) in [6.07, 6.45) is 21.5. The molecule has 1 saturated heterocycles. The van der Waals surface area contributed by atoms with E-state index >= 15 is 0 Å². The Morgan fingerprint density at radius 3 is 1.56 bits per heavy atom. The summed E-state index contributed by atoms with van der Waals surface area (Å²) in [4.78, 5) is 23.8. The van der Waals surface area contributed by atoms with Crippen molar-refractivity contribution in [1.29, 1.82) is 0 Å². The number of hydrogen-bond acceptors (Lipinski definition) is 5. The van der Waals surface area contributed by atoms with Gasteiger partial charge in [-0.1, -0.05) is 103 Å². The molecule has 0 N–H and O–H groups in total. The minimum Gasteiger partial charge on any atom is -0.462 e. The minimum absolute atomic E-state index is 0.0499. The van der Waals surface area contributed by atoms with Crippen molar-refractivity contribution in [1.82, 2.24) is 0 Å². The van der Waals surface area contributed by atoms with Crippen molar-refractivity contribution < 1.29 is 23.8 Å². The number of rotatable bonds is 20. The number of unbranched alkanes of at least 4 members (excludes halogenated alkanes) is 13. The van der Waals surface area contributed by atoms with E-state index in [-0.39, 0.29) is 24.6 Å². The van der Waals surface area contributed by atoms with E-state index in [0.29, 0.717) is 24.4 Å². The van der Waals surface area contributed by atoms with Crippen LogP contribution in [0.15, 0.2) is 23.3 Å². The van der Waals surface area contributed by atoms with E-state index in [2.05, 4.69) is 6.92 Å². The molecule has 0 bridgehead atoms. The van der Waals surface area contributed by atoms with Gasteiger partial charge in [-0.2, -0.15) is 0 Å². The van der Waals surface area contributed by atoms with Crippen LogP contribution in [0.2, 0.25) is 0 Å². The summed E-state index contributed by atoms with van der Waals surface area (Å²) in [5, 5.41) is 0. The highest BCUT2D eigenvalue weighted by Gasteiger charge is 2.24. The van der Waals surface area contributed by atoms with Crippen LogP contribution in [0.5, 0.6) is 0 Å². The smallest absolute Gasteiger partial charge is 0.333 e. The second kappa shape index (κ2) is 18.9. The number of hydrogen-bond donors (Lipinski definition) is 0. The molecule has 0 aromatic carbocycles. The summed E-state index contributed by atoms with van der Waals surface area (Å²) in [7, 11) is 0. The largest absolute Gasteiger partial charge is 0.462 e. The third-order valence-corrected chi connectivity index (χ3v) is 5.76. The SMILES string of the molecule is CCCCCCCCCCCCCCCCOC(=O)/C(C)=C/C=C(\C)C(=O)OCC1CO1. The molecule has 184 valence electrons. The first-order valence-corrected chi connectivity index (χ1v) is 12.9. The van der Waals surface area contributed by atoms with Gasteiger partial charge in [0.1, 0.15) is 12.7 Å². The fraction of sp³-hybridized carbons (Fsp3) is 0.778. The predicted molar refractivity (Wildman–Crippen MR) is 129 cm³/mol. The van der Waals surface area contributed by atoms with Crippen LogP contribution >= 0.6 is 0 Å². The normalized spacial score (nSPS) is 16.2. The van der Waals surface area contributed by atoms with Gasteiger partial charge >= 0.3 is 11.9 Å². The Labute approximate surface area is 196 Å². The van der Waals surface area contributed by atoms with Crippen LogP contribution in [0.25, 0.3) is 0 Å². The summed E-state index contributed by atoms with van der Waals surface area (Å²) >= 11 is 0. The zero-order valence-electron chi connectivity index (χ0n) is 20.8. The molecule has 0 radical (unpaired) electrons. The Balaban J connectivity index is 1.95. The Morgan fingerprint density at radius 2 is 1.12 bits per heavy atom. The number of allylic oxidation sites excluding steroid dienone is 2. The number of carbonyl (C=O) groups excluding carboxylic acids is 2. The lowest BCUT2D eigenvalue weighted by atomic mass is 10.0. The van der Waals surface area contributed by atoms with Gasteiger partial charge in [-0.3, -0.25) is 0 Å². The van der Waals surface area contributed by atoms with Crippen LogP contribution in [-0.2, 0) is 23.8 Å². The zero-order valence-corrected chi connectivity index (χ0v) is 20.8. The van der Waals surface area contributed by atoms with Gasteiger partial charge in [0.2, 0.25) is 0 Å². The van der Waals surface area contributed by atoms with E-state index in [4.69, 9.17) is 14.2 Å². The van der Waals surface area contributed by atoms with E-state index in [9.17, 15) is 9.59 Å². The van der Waals surface area contributed by atoms with E-state index in [1.807, 2.05) is 0 Å². The summed E-state index contributed by atoms with van der Waals surface area (Å²) in [6, 6.07) is 0. The molecule has 1 atom stereocenters. The maximum absolute atomic E-state index is 12.0. The van der Waals surface area contributed by atoms with Crippen LogP contribution in [-0.4, -0.2) is 37.9 Å². The number of ether oxygens (including phenoxy) is 3. The topological polar surface area (TPSA) is 65.1 Å². The number of epoxide rings is 1. The first-order valence-electron chi connectivity index (χ1n) is 12.9. The third kappa shape index (κ3) is 16.1. The van der Waals surface area contributed by atoms with Crippen LogP contribution in [0.4, 0.5) is 0 Å². The molecular weight excluding hydrogens is 404 g/mol. The molecule has 0 amide bonds. The van der Waals surface area contributed by atoms with Gasteiger partial charge in [0, 0.05) is 11.1 Å². The minimum atomic E-state index is -0.389. The van der Waals surface area contributed by atoms with E-state index in [1.54, 1.807) is 26.0 Å². The summed E-state index contributed by atoms with van der Waals surface area (Å²) in [5.41, 5.74) is 0.929. The van der Waals surface area contributed by atoms with Gasteiger partial charge in [0.05, 0.1) is 13.2 Å². The highest BCUT2D eigenvalue weighted by Crippen LogP contribution is 2.13. The Kier molecular flexibility index (Phi) is 16.8. The Morgan fingerprint density at radius 1 is 0.719 bits per heavy atom. The quantitative estimate of drug-likeness (QED) is 0.0667. The molecule has 0 aromatic heterocycles. The Bertz CT molecular complexity index is 575. The predicted octanol–water partition coefficient (Wildman–Crippen LogP) is 6.85. The molecule has 1 fully saturated rings. The highest BCUT2D eigenvalue weighted by atomic mass is 16.6. The average molecular weight is 451 g/mol. The molecule has 5 nitrogen and oxygen atoms in total. The first kappa shape index (κ1) is 28.4. The zero-order chi connectivity index (χ0) is 23.4. The molecule has 1 unspecified atom stereocenters. The van der Waals surface area contributed by atoms with Gasteiger partial charge in [0.25, 0.3) is 0 Å². The second-order valence-electron chi connectivity index (χ2n) is 8.99. The van der Waals surface area contributed by atoms with Gasteiger partial charge in [0.15, 0.2) is 0 Å². The lowest BCUT2D eigenvalue weighted by Gasteiger charge is -2.05. The van der Waals surface area contributed by atoms with Gasteiger partial charge in [-0.05, 0) is 20.3 Å². The average Bonchev–Trinajstić information content (AvgIpc) is 3.62. The molecule has 1 aliphatic heterocycles. The molecule has 1 rings (SSSR count). The fourth-order valence-electron chi connectivity index (χ4n) is 3.41. The maximum Gasteiger partial charge on any atom is 0.333 e. The summed E-state index contributed by atoms with van der Waals surface area (Å²) in [5.74, 6) is -0.719. The van der Waals surface area contributed by atoms with Gasteiger partial charge < -0.3 is 14.2 Å². The maximum atomic E-state index is 12.0. The van der Waals surface area contributed by atoms with E-state index in [1.165, 1.54) is 77.0 Å². The van der Waals surface area contributed by atoms with Crippen LogP contribution < -0.4 is 0 Å². The molecular formula is C27H46O5. The van der Waals surface area contributed by atoms with Crippen LogP contribution in [0, 0.1) is 0 Å². The van der Waals surface area contributed by atoms with Crippen molar-refractivity contribution in [2.45, 2.75) is 117 Å².